The van der Waals surface area contributed by atoms with E-state index in [9.17, 15) is 0 Å². The Morgan fingerprint density at radius 3 is 2.40 bits per heavy atom. The quantitative estimate of drug-likeness (QED) is 0.780. The topological polar surface area (TPSA) is 50.7 Å². The minimum Gasteiger partial charge on any atom is -0.493 e. The summed E-state index contributed by atoms with van der Waals surface area (Å²) < 4.78 is 10.4. The summed E-state index contributed by atoms with van der Waals surface area (Å²) in [5, 5.41) is 9.12. The van der Waals surface area contributed by atoms with Gasteiger partial charge < -0.3 is 14.7 Å². The number of methoxy groups -OCH3 is 2. The molecule has 0 saturated heterocycles. The molecule has 0 spiro atoms. The average Bonchev–Trinajstić information content (AvgIpc) is 2.22. The van der Waals surface area contributed by atoms with E-state index in [1.165, 1.54) is 7.11 Å². The minimum absolute atomic E-state index is 0.311. The average molecular weight is 232 g/mol. The van der Waals surface area contributed by atoms with Crippen LogP contribution in [0.3, 0.4) is 0 Å². The van der Waals surface area contributed by atoms with Crippen molar-refractivity contribution in [2.75, 3.05) is 14.2 Å². The number of halogens is 1. The second kappa shape index (κ2) is 5.21. The first-order valence-corrected chi connectivity index (χ1v) is 4.80. The van der Waals surface area contributed by atoms with Gasteiger partial charge in [0.1, 0.15) is 0 Å². The Balaban J connectivity index is 3.30. The summed E-state index contributed by atoms with van der Waals surface area (Å²) in [4.78, 5) is 0. The van der Waals surface area contributed by atoms with Crippen molar-refractivity contribution in [3.63, 3.8) is 0 Å². The van der Waals surface area contributed by atoms with Gasteiger partial charge in [-0.1, -0.05) is 11.6 Å². The molecule has 0 atom stereocenters. The van der Waals surface area contributed by atoms with Crippen molar-refractivity contribution < 1.29 is 14.7 Å². The van der Waals surface area contributed by atoms with Crippen molar-refractivity contribution >= 4 is 11.6 Å². The molecule has 4 nitrogen and oxygen atoms in total. The van der Waals surface area contributed by atoms with E-state index in [1.54, 1.807) is 13.2 Å². The van der Waals surface area contributed by atoms with Gasteiger partial charge >= 0.3 is 0 Å². The molecule has 0 aliphatic heterocycles. The van der Waals surface area contributed by atoms with Crippen molar-refractivity contribution in [3.8, 4) is 11.5 Å². The summed E-state index contributed by atoms with van der Waals surface area (Å²) >= 11 is 6.01. The Labute approximate surface area is 93.7 Å². The molecule has 15 heavy (non-hydrogen) atoms. The molecule has 0 unspecified atom stereocenters. The summed E-state index contributed by atoms with van der Waals surface area (Å²) in [6, 6.07) is 1.74. The highest BCUT2D eigenvalue weighted by atomic mass is 35.5. The van der Waals surface area contributed by atoms with E-state index in [1.807, 2.05) is 6.92 Å². The molecule has 1 rings (SSSR count). The van der Waals surface area contributed by atoms with Crippen LogP contribution in [0.15, 0.2) is 6.07 Å². The Morgan fingerprint density at radius 2 is 1.93 bits per heavy atom. The van der Waals surface area contributed by atoms with Gasteiger partial charge in [-0.05, 0) is 24.1 Å². The molecule has 0 saturated carbocycles. The van der Waals surface area contributed by atoms with E-state index in [4.69, 9.17) is 26.3 Å². The number of hydroxylamine groups is 1. The fraction of sp³-hybridized carbons (Fsp3) is 0.400. The summed E-state index contributed by atoms with van der Waals surface area (Å²) in [6.07, 6.45) is 0. The van der Waals surface area contributed by atoms with Crippen molar-refractivity contribution in [2.24, 2.45) is 0 Å². The van der Waals surface area contributed by atoms with Gasteiger partial charge in [-0.25, -0.2) is 5.48 Å². The maximum absolute atomic E-state index is 8.66. The zero-order valence-electron chi connectivity index (χ0n) is 8.93. The third kappa shape index (κ3) is 2.34. The summed E-state index contributed by atoms with van der Waals surface area (Å²) in [5.41, 5.74) is 3.84. The molecular formula is C10H14ClNO3. The van der Waals surface area contributed by atoms with Gasteiger partial charge in [0, 0.05) is 6.54 Å². The molecule has 0 amide bonds. The largest absolute Gasteiger partial charge is 0.493 e. The Hall–Kier alpha value is -0.970. The maximum atomic E-state index is 8.66. The van der Waals surface area contributed by atoms with Gasteiger partial charge in [0.25, 0.3) is 0 Å². The second-order valence-electron chi connectivity index (χ2n) is 3.04. The Kier molecular flexibility index (Phi) is 4.20. The lowest BCUT2D eigenvalue weighted by Gasteiger charge is -2.15. The lowest BCUT2D eigenvalue weighted by molar-refractivity contribution is 0.161. The van der Waals surface area contributed by atoms with Crippen LogP contribution in [0.2, 0.25) is 5.02 Å². The van der Waals surface area contributed by atoms with Crippen molar-refractivity contribution in [1.82, 2.24) is 5.48 Å². The highest BCUT2D eigenvalue weighted by Gasteiger charge is 2.15. The standard InChI is InChI=1S/C10H14ClNO3/c1-6-7(5-12-13)4-8(11)10(15-3)9(6)14-2/h4,12-13H,5H2,1-3H3. The van der Waals surface area contributed by atoms with E-state index < -0.39 is 0 Å². The van der Waals surface area contributed by atoms with Crippen molar-refractivity contribution in [3.05, 3.63) is 22.2 Å². The van der Waals surface area contributed by atoms with Crippen LogP contribution in [0.5, 0.6) is 11.5 Å². The van der Waals surface area contributed by atoms with E-state index in [2.05, 4.69) is 5.48 Å². The molecule has 2 N–H and O–H groups in total. The molecule has 84 valence electrons. The van der Waals surface area contributed by atoms with Crippen LogP contribution in [0.4, 0.5) is 0 Å². The second-order valence-corrected chi connectivity index (χ2v) is 3.45. The Bertz CT molecular complexity index is 355. The number of hydrogen-bond acceptors (Lipinski definition) is 4. The zero-order valence-corrected chi connectivity index (χ0v) is 9.68. The molecule has 0 aliphatic rings. The summed E-state index contributed by atoms with van der Waals surface area (Å²) in [7, 11) is 3.09. The van der Waals surface area contributed by atoms with Crippen LogP contribution < -0.4 is 15.0 Å². The molecule has 0 aliphatic carbocycles. The molecule has 0 heterocycles. The SMILES string of the molecule is COc1c(Cl)cc(CNO)c(C)c1OC. The fourth-order valence-electron chi connectivity index (χ4n) is 1.46. The normalized spacial score (nSPS) is 10.2. The number of rotatable bonds is 4. The van der Waals surface area contributed by atoms with E-state index in [0.717, 1.165) is 11.1 Å². The number of hydrogen-bond donors (Lipinski definition) is 2. The van der Waals surface area contributed by atoms with Gasteiger partial charge in [-0.2, -0.15) is 0 Å². The van der Waals surface area contributed by atoms with Gasteiger partial charge in [0.15, 0.2) is 11.5 Å². The molecular weight excluding hydrogens is 218 g/mol. The zero-order chi connectivity index (χ0) is 11.4. The third-order valence-electron chi connectivity index (χ3n) is 2.22. The van der Waals surface area contributed by atoms with Gasteiger partial charge in [-0.3, -0.25) is 0 Å². The van der Waals surface area contributed by atoms with Gasteiger partial charge in [-0.15, -0.1) is 0 Å². The van der Waals surface area contributed by atoms with Crippen LogP contribution in [0.1, 0.15) is 11.1 Å². The molecule has 0 fully saturated rings. The van der Waals surface area contributed by atoms with Crippen LogP contribution in [0, 0.1) is 6.92 Å². The monoisotopic (exact) mass is 231 g/mol. The first kappa shape index (κ1) is 12.1. The first-order valence-electron chi connectivity index (χ1n) is 4.42. The maximum Gasteiger partial charge on any atom is 0.179 e. The smallest absolute Gasteiger partial charge is 0.179 e. The summed E-state index contributed by atoms with van der Waals surface area (Å²) in [5.74, 6) is 1.11. The predicted octanol–water partition coefficient (Wildman–Crippen LogP) is 2.14. The van der Waals surface area contributed by atoms with Crippen LogP contribution in [-0.4, -0.2) is 19.4 Å². The van der Waals surface area contributed by atoms with Crippen molar-refractivity contribution in [2.45, 2.75) is 13.5 Å². The molecule has 5 heteroatoms. The number of nitrogens with one attached hydrogen (secondary N) is 1. The fourth-order valence-corrected chi connectivity index (χ4v) is 1.75. The van der Waals surface area contributed by atoms with Gasteiger partial charge in [0.2, 0.25) is 0 Å². The molecule has 1 aromatic rings. The van der Waals surface area contributed by atoms with Crippen LogP contribution in [0.25, 0.3) is 0 Å². The molecule has 0 aromatic heterocycles. The number of benzene rings is 1. The molecule has 1 aromatic carbocycles. The lowest BCUT2D eigenvalue weighted by Crippen LogP contribution is -2.08. The molecule has 0 radical (unpaired) electrons. The minimum atomic E-state index is 0.311. The van der Waals surface area contributed by atoms with E-state index >= 15 is 0 Å². The van der Waals surface area contributed by atoms with Crippen molar-refractivity contribution in [1.29, 1.82) is 0 Å². The van der Waals surface area contributed by atoms with Crippen LogP contribution >= 0.6 is 11.6 Å². The predicted molar refractivity (Wildman–Crippen MR) is 57.9 cm³/mol. The lowest BCUT2D eigenvalue weighted by atomic mass is 10.1. The number of ether oxygens (including phenoxy) is 2. The van der Waals surface area contributed by atoms with Crippen LogP contribution in [-0.2, 0) is 6.54 Å². The van der Waals surface area contributed by atoms with E-state index in [0.29, 0.717) is 23.1 Å². The summed E-state index contributed by atoms with van der Waals surface area (Å²) in [6.45, 7) is 2.19. The molecule has 0 bridgehead atoms. The van der Waals surface area contributed by atoms with Gasteiger partial charge in [0.05, 0.1) is 19.2 Å². The highest BCUT2D eigenvalue weighted by Crippen LogP contribution is 2.39. The van der Waals surface area contributed by atoms with E-state index in [-0.39, 0.29) is 0 Å². The third-order valence-corrected chi connectivity index (χ3v) is 2.50. The first-order chi connectivity index (χ1) is 7.15. The Morgan fingerprint density at radius 1 is 1.33 bits per heavy atom. The highest BCUT2D eigenvalue weighted by molar-refractivity contribution is 6.32.